The van der Waals surface area contributed by atoms with Gasteiger partial charge in [0.15, 0.2) is 5.96 Å². The molecule has 0 aliphatic heterocycles. The maximum absolute atomic E-state index is 13.9. The zero-order chi connectivity index (χ0) is 26.9. The molecule has 4 rings (SSSR count). The monoisotopic (exact) mass is 505 g/mol. The van der Waals surface area contributed by atoms with Crippen LogP contribution in [0.5, 0.6) is 0 Å². The van der Waals surface area contributed by atoms with Crippen LogP contribution in [0.1, 0.15) is 34.2 Å². The molecule has 0 heterocycles. The molecule has 4 aromatic rings. The van der Waals surface area contributed by atoms with E-state index in [1.807, 2.05) is 91.0 Å². The van der Waals surface area contributed by atoms with E-state index >= 15 is 0 Å². The number of nitrogens with two attached hydrogens (primary N) is 2. The lowest BCUT2D eigenvalue weighted by molar-refractivity contribution is -0.136. The zero-order valence-electron chi connectivity index (χ0n) is 21.2. The molecule has 192 valence electrons. The van der Waals surface area contributed by atoms with E-state index in [-0.39, 0.29) is 17.8 Å². The maximum atomic E-state index is 13.9. The molecule has 0 fully saturated rings. The number of nitrogens with one attached hydrogen (secondary N) is 1. The van der Waals surface area contributed by atoms with Crippen LogP contribution in [-0.4, -0.2) is 29.7 Å². The number of guanidine groups is 1. The van der Waals surface area contributed by atoms with Gasteiger partial charge in [-0.25, -0.2) is 4.99 Å². The van der Waals surface area contributed by atoms with Gasteiger partial charge in [0.2, 0.25) is 11.8 Å². The molecule has 2 amide bonds. The van der Waals surface area contributed by atoms with Crippen LogP contribution in [0.4, 0.5) is 5.69 Å². The summed E-state index contributed by atoms with van der Waals surface area (Å²) >= 11 is 0. The van der Waals surface area contributed by atoms with Crippen molar-refractivity contribution in [1.82, 2.24) is 10.2 Å². The van der Waals surface area contributed by atoms with Crippen LogP contribution in [0.2, 0.25) is 0 Å². The average molecular weight is 506 g/mol. The van der Waals surface area contributed by atoms with Gasteiger partial charge >= 0.3 is 0 Å². The molecule has 38 heavy (non-hydrogen) atoms. The van der Waals surface area contributed by atoms with Crippen LogP contribution >= 0.6 is 0 Å². The summed E-state index contributed by atoms with van der Waals surface area (Å²) in [5.41, 5.74) is 14.9. The van der Waals surface area contributed by atoms with E-state index in [1.54, 1.807) is 36.2 Å². The number of hydrogen-bond acceptors (Lipinski definition) is 3. The Morgan fingerprint density at radius 1 is 0.763 bits per heavy atom. The van der Waals surface area contributed by atoms with Gasteiger partial charge in [0.1, 0.15) is 6.04 Å². The number of hydrogen-bond donors (Lipinski definition) is 3. The number of nitrogens with zero attached hydrogens (tertiary/aromatic N) is 2. The summed E-state index contributed by atoms with van der Waals surface area (Å²) in [6, 6.07) is 34.8. The van der Waals surface area contributed by atoms with Crippen molar-refractivity contribution in [3.63, 3.8) is 0 Å². The quantitative estimate of drug-likeness (QED) is 0.233. The van der Waals surface area contributed by atoms with Gasteiger partial charge in [-0.2, -0.15) is 0 Å². The molecule has 0 bridgehead atoms. The lowest BCUT2D eigenvalue weighted by atomic mass is 9.90. The van der Waals surface area contributed by atoms with E-state index in [0.29, 0.717) is 17.8 Å². The molecule has 0 saturated heterocycles. The fourth-order valence-electron chi connectivity index (χ4n) is 4.38. The van der Waals surface area contributed by atoms with Gasteiger partial charge in [0.25, 0.3) is 0 Å². The van der Waals surface area contributed by atoms with Gasteiger partial charge in [-0.1, -0.05) is 103 Å². The van der Waals surface area contributed by atoms with E-state index in [2.05, 4.69) is 10.3 Å². The average Bonchev–Trinajstić information content (AvgIpc) is 2.93. The highest BCUT2D eigenvalue weighted by atomic mass is 16.2. The highest BCUT2D eigenvalue weighted by Crippen LogP contribution is 2.28. The third-order valence-corrected chi connectivity index (χ3v) is 6.16. The Balaban J connectivity index is 1.70. The predicted octanol–water partition coefficient (Wildman–Crippen LogP) is 4.24. The first-order chi connectivity index (χ1) is 18.4. The molecule has 0 aliphatic rings. The summed E-state index contributed by atoms with van der Waals surface area (Å²) in [6.07, 6.45) is 0. The third kappa shape index (κ3) is 6.64. The second kappa shape index (κ2) is 12.4. The molecule has 7 nitrogen and oxygen atoms in total. The van der Waals surface area contributed by atoms with Crippen molar-refractivity contribution in [3.05, 3.63) is 138 Å². The van der Waals surface area contributed by atoms with E-state index < -0.39 is 12.0 Å². The second-order valence-electron chi connectivity index (χ2n) is 9.01. The van der Waals surface area contributed by atoms with E-state index in [9.17, 15) is 9.59 Å². The molecule has 4 aromatic carbocycles. The van der Waals surface area contributed by atoms with E-state index in [1.165, 1.54) is 0 Å². The minimum absolute atomic E-state index is 0.0940. The van der Waals surface area contributed by atoms with Gasteiger partial charge < -0.3 is 21.7 Å². The number of carbonyl (C=O) groups is 2. The lowest BCUT2D eigenvalue weighted by Crippen LogP contribution is -2.42. The summed E-state index contributed by atoms with van der Waals surface area (Å²) in [5.74, 6) is -1.25. The van der Waals surface area contributed by atoms with Crippen molar-refractivity contribution in [2.45, 2.75) is 18.5 Å². The summed E-state index contributed by atoms with van der Waals surface area (Å²) < 4.78 is 0. The molecule has 1 unspecified atom stereocenters. The Morgan fingerprint density at radius 2 is 1.29 bits per heavy atom. The molecule has 0 aromatic heterocycles. The Morgan fingerprint density at radius 3 is 1.84 bits per heavy atom. The first-order valence-electron chi connectivity index (χ1n) is 12.3. The molecular weight excluding hydrogens is 474 g/mol. The Bertz CT molecular complexity index is 1350. The number of benzene rings is 4. The van der Waals surface area contributed by atoms with Gasteiger partial charge in [0.05, 0.1) is 11.6 Å². The van der Waals surface area contributed by atoms with Crippen molar-refractivity contribution in [1.29, 1.82) is 0 Å². The SMILES string of the molecule is CN(Cc1ccccc1)C(=O)C(NC(=O)C(c1ccccc1)c1ccccc1)c1cccc(N=C(N)N)c1. The first-order valence-corrected chi connectivity index (χ1v) is 12.3. The Hall–Kier alpha value is -4.91. The highest BCUT2D eigenvalue weighted by Gasteiger charge is 2.30. The van der Waals surface area contributed by atoms with Crippen LogP contribution in [0.3, 0.4) is 0 Å². The van der Waals surface area contributed by atoms with E-state index in [0.717, 1.165) is 16.7 Å². The fraction of sp³-hybridized carbons (Fsp3) is 0.129. The van der Waals surface area contributed by atoms with Crippen LogP contribution in [0.15, 0.2) is 120 Å². The number of likely N-dealkylation sites (N-methyl/N-ethyl adjacent to an activating group) is 1. The fourth-order valence-corrected chi connectivity index (χ4v) is 4.38. The third-order valence-electron chi connectivity index (χ3n) is 6.16. The number of aliphatic imine (C=N–C) groups is 1. The number of amides is 2. The first kappa shape index (κ1) is 26.2. The molecule has 5 N–H and O–H groups in total. The predicted molar refractivity (Wildman–Crippen MR) is 150 cm³/mol. The minimum Gasteiger partial charge on any atom is -0.370 e. The molecule has 0 saturated carbocycles. The van der Waals surface area contributed by atoms with Gasteiger partial charge in [0, 0.05) is 13.6 Å². The largest absolute Gasteiger partial charge is 0.370 e. The van der Waals surface area contributed by atoms with Gasteiger partial charge in [-0.05, 0) is 34.4 Å². The summed E-state index contributed by atoms with van der Waals surface area (Å²) in [7, 11) is 1.72. The van der Waals surface area contributed by atoms with Gasteiger partial charge in [-0.3, -0.25) is 9.59 Å². The topological polar surface area (TPSA) is 114 Å². The van der Waals surface area contributed by atoms with Crippen molar-refractivity contribution in [3.8, 4) is 0 Å². The molecular formula is C31H31N5O2. The van der Waals surface area contributed by atoms with Crippen LogP contribution < -0.4 is 16.8 Å². The van der Waals surface area contributed by atoms with Crippen molar-refractivity contribution in [2.75, 3.05) is 7.05 Å². The zero-order valence-corrected chi connectivity index (χ0v) is 21.2. The molecule has 7 heteroatoms. The van der Waals surface area contributed by atoms with E-state index in [4.69, 9.17) is 11.5 Å². The standard InChI is InChI=1S/C31H31N5O2/c1-36(21-22-12-5-2-6-13-22)30(38)28(25-18-11-19-26(20-25)34-31(32)33)35-29(37)27(23-14-7-3-8-15-23)24-16-9-4-10-17-24/h2-20,27-28H,21H2,1H3,(H,35,37)(H4,32,33,34). The van der Waals surface area contributed by atoms with Crippen LogP contribution in [0, 0.1) is 0 Å². The summed E-state index contributed by atoms with van der Waals surface area (Å²) in [4.78, 5) is 33.5. The summed E-state index contributed by atoms with van der Waals surface area (Å²) in [6.45, 7) is 0.389. The van der Waals surface area contributed by atoms with Crippen molar-refractivity contribution in [2.24, 2.45) is 16.5 Å². The minimum atomic E-state index is -0.958. The molecule has 0 spiro atoms. The number of rotatable bonds is 9. The second-order valence-corrected chi connectivity index (χ2v) is 9.01. The highest BCUT2D eigenvalue weighted by molar-refractivity contribution is 5.93. The molecule has 0 radical (unpaired) electrons. The van der Waals surface area contributed by atoms with Crippen molar-refractivity contribution >= 4 is 23.5 Å². The normalized spacial score (nSPS) is 11.4. The Labute approximate surface area is 222 Å². The Kier molecular flexibility index (Phi) is 8.51. The lowest BCUT2D eigenvalue weighted by Gasteiger charge is -2.27. The van der Waals surface area contributed by atoms with Crippen molar-refractivity contribution < 1.29 is 9.59 Å². The maximum Gasteiger partial charge on any atom is 0.249 e. The van der Waals surface area contributed by atoms with Crippen LogP contribution in [-0.2, 0) is 16.1 Å². The number of carbonyl (C=O) groups excluding carboxylic acids is 2. The smallest absolute Gasteiger partial charge is 0.249 e. The summed E-state index contributed by atoms with van der Waals surface area (Å²) in [5, 5.41) is 3.04. The molecule has 0 aliphatic carbocycles. The van der Waals surface area contributed by atoms with Gasteiger partial charge in [-0.15, -0.1) is 0 Å². The molecule has 1 atom stereocenters. The van der Waals surface area contributed by atoms with Crippen LogP contribution in [0.25, 0.3) is 0 Å².